The fraction of sp³-hybridized carbons (Fsp3) is 0.900. The first-order valence-electron chi connectivity index (χ1n) is 5.28. The van der Waals surface area contributed by atoms with Crippen molar-refractivity contribution in [3.05, 3.63) is 0 Å². The van der Waals surface area contributed by atoms with Crippen LogP contribution < -0.4 is 0 Å². The SMILES string of the molecule is CC(C)N1CC(N2CCC(Br)C2=O)C1. The van der Waals surface area contributed by atoms with E-state index in [1.807, 2.05) is 4.90 Å². The summed E-state index contributed by atoms with van der Waals surface area (Å²) in [7, 11) is 0. The van der Waals surface area contributed by atoms with E-state index < -0.39 is 0 Å². The highest BCUT2D eigenvalue weighted by Crippen LogP contribution is 2.25. The summed E-state index contributed by atoms with van der Waals surface area (Å²) in [5.74, 6) is 0.290. The van der Waals surface area contributed by atoms with Gasteiger partial charge in [0.05, 0.1) is 10.9 Å². The smallest absolute Gasteiger partial charge is 0.236 e. The summed E-state index contributed by atoms with van der Waals surface area (Å²) in [4.78, 5) is 16.2. The third-order valence-electron chi connectivity index (χ3n) is 3.24. The van der Waals surface area contributed by atoms with E-state index in [-0.39, 0.29) is 4.83 Å². The molecule has 0 aromatic rings. The number of rotatable bonds is 2. The molecular formula is C10H17BrN2O. The Morgan fingerprint density at radius 3 is 2.50 bits per heavy atom. The average molecular weight is 261 g/mol. The highest BCUT2D eigenvalue weighted by molar-refractivity contribution is 9.10. The van der Waals surface area contributed by atoms with Gasteiger partial charge in [-0.05, 0) is 20.3 Å². The lowest BCUT2D eigenvalue weighted by atomic mass is 10.1. The summed E-state index contributed by atoms with van der Waals surface area (Å²) >= 11 is 3.40. The zero-order valence-electron chi connectivity index (χ0n) is 8.74. The molecule has 0 aliphatic carbocycles. The van der Waals surface area contributed by atoms with Crippen LogP contribution in [0, 0.1) is 0 Å². The third kappa shape index (κ3) is 1.70. The van der Waals surface area contributed by atoms with Crippen molar-refractivity contribution in [2.75, 3.05) is 19.6 Å². The van der Waals surface area contributed by atoms with E-state index in [4.69, 9.17) is 0 Å². The molecule has 0 spiro atoms. The fourth-order valence-electron chi connectivity index (χ4n) is 2.14. The quantitative estimate of drug-likeness (QED) is 0.694. The molecule has 2 aliphatic rings. The Hall–Kier alpha value is -0.0900. The standard InChI is InChI=1S/C10H17BrN2O/c1-7(2)12-5-8(6-12)13-4-3-9(11)10(13)14/h7-9H,3-6H2,1-2H3. The van der Waals surface area contributed by atoms with Crippen LogP contribution in [0.5, 0.6) is 0 Å². The Labute approximate surface area is 93.6 Å². The van der Waals surface area contributed by atoms with E-state index >= 15 is 0 Å². The maximum Gasteiger partial charge on any atom is 0.236 e. The highest BCUT2D eigenvalue weighted by atomic mass is 79.9. The molecule has 0 bridgehead atoms. The molecule has 3 nitrogen and oxygen atoms in total. The number of hydrogen-bond donors (Lipinski definition) is 0. The number of likely N-dealkylation sites (tertiary alicyclic amines) is 2. The molecule has 2 fully saturated rings. The van der Waals surface area contributed by atoms with Crippen LogP contribution in [-0.2, 0) is 4.79 Å². The van der Waals surface area contributed by atoms with Gasteiger partial charge >= 0.3 is 0 Å². The molecule has 2 aliphatic heterocycles. The first-order valence-corrected chi connectivity index (χ1v) is 6.19. The topological polar surface area (TPSA) is 23.6 Å². The van der Waals surface area contributed by atoms with Gasteiger partial charge in [-0.3, -0.25) is 9.69 Å². The Kier molecular flexibility index (Phi) is 2.84. The van der Waals surface area contributed by atoms with E-state index in [0.29, 0.717) is 18.0 Å². The molecule has 1 unspecified atom stereocenters. The summed E-state index contributed by atoms with van der Waals surface area (Å²) in [6.45, 7) is 7.46. The predicted molar refractivity (Wildman–Crippen MR) is 59.5 cm³/mol. The van der Waals surface area contributed by atoms with Gasteiger partial charge in [-0.2, -0.15) is 0 Å². The third-order valence-corrected chi connectivity index (χ3v) is 4.09. The van der Waals surface area contributed by atoms with Crippen LogP contribution in [0.1, 0.15) is 20.3 Å². The summed E-state index contributed by atoms with van der Waals surface area (Å²) in [6.07, 6.45) is 0.969. The van der Waals surface area contributed by atoms with E-state index in [2.05, 4.69) is 34.7 Å². The van der Waals surface area contributed by atoms with Crippen molar-refractivity contribution in [3.63, 3.8) is 0 Å². The van der Waals surface area contributed by atoms with Crippen molar-refractivity contribution in [1.29, 1.82) is 0 Å². The van der Waals surface area contributed by atoms with Gasteiger partial charge in [0, 0.05) is 25.7 Å². The maximum atomic E-state index is 11.7. The Balaban J connectivity index is 1.85. The van der Waals surface area contributed by atoms with Crippen molar-refractivity contribution in [2.24, 2.45) is 0 Å². The molecule has 0 aromatic heterocycles. The molecule has 2 saturated heterocycles. The minimum atomic E-state index is 0.0793. The second-order valence-electron chi connectivity index (χ2n) is 4.49. The normalized spacial score (nSPS) is 30.1. The summed E-state index contributed by atoms with van der Waals surface area (Å²) in [5, 5.41) is 0. The minimum Gasteiger partial charge on any atom is -0.336 e. The summed E-state index contributed by atoms with van der Waals surface area (Å²) in [6, 6.07) is 1.09. The molecule has 0 radical (unpaired) electrons. The zero-order valence-corrected chi connectivity index (χ0v) is 10.3. The second-order valence-corrected chi connectivity index (χ2v) is 5.59. The van der Waals surface area contributed by atoms with E-state index in [9.17, 15) is 4.79 Å². The van der Waals surface area contributed by atoms with Gasteiger partial charge in [0.25, 0.3) is 0 Å². The fourth-order valence-corrected chi connectivity index (χ4v) is 2.60. The molecule has 4 heteroatoms. The molecule has 0 saturated carbocycles. The number of halogens is 1. The van der Waals surface area contributed by atoms with Crippen molar-refractivity contribution >= 4 is 21.8 Å². The molecule has 0 N–H and O–H groups in total. The largest absolute Gasteiger partial charge is 0.336 e. The lowest BCUT2D eigenvalue weighted by molar-refractivity contribution is -0.132. The molecule has 2 heterocycles. The van der Waals surface area contributed by atoms with Crippen LogP contribution >= 0.6 is 15.9 Å². The van der Waals surface area contributed by atoms with Gasteiger partial charge in [-0.15, -0.1) is 0 Å². The first kappa shape index (κ1) is 10.4. The van der Waals surface area contributed by atoms with E-state index in [1.165, 1.54) is 0 Å². The number of carbonyl (C=O) groups excluding carboxylic acids is 1. The number of amides is 1. The Bertz CT molecular complexity index is 238. The van der Waals surface area contributed by atoms with Crippen LogP contribution in [0.4, 0.5) is 0 Å². The number of alkyl halides is 1. The van der Waals surface area contributed by atoms with E-state index in [1.54, 1.807) is 0 Å². The van der Waals surface area contributed by atoms with Crippen molar-refractivity contribution < 1.29 is 4.79 Å². The van der Waals surface area contributed by atoms with Crippen molar-refractivity contribution in [1.82, 2.24) is 9.80 Å². The van der Waals surface area contributed by atoms with Gasteiger partial charge in [-0.25, -0.2) is 0 Å². The van der Waals surface area contributed by atoms with Gasteiger partial charge in [0.1, 0.15) is 0 Å². The Morgan fingerprint density at radius 2 is 2.07 bits per heavy atom. The monoisotopic (exact) mass is 260 g/mol. The molecule has 1 atom stereocenters. The van der Waals surface area contributed by atoms with Crippen molar-refractivity contribution in [3.8, 4) is 0 Å². The van der Waals surface area contributed by atoms with Crippen LogP contribution in [0.25, 0.3) is 0 Å². The lowest BCUT2D eigenvalue weighted by Gasteiger charge is -2.46. The van der Waals surface area contributed by atoms with Crippen LogP contribution in [0.15, 0.2) is 0 Å². The van der Waals surface area contributed by atoms with Gasteiger partial charge in [0.15, 0.2) is 0 Å². The zero-order chi connectivity index (χ0) is 10.3. The molecule has 80 valence electrons. The van der Waals surface area contributed by atoms with Crippen LogP contribution in [0.3, 0.4) is 0 Å². The number of nitrogens with zero attached hydrogens (tertiary/aromatic N) is 2. The Morgan fingerprint density at radius 1 is 1.43 bits per heavy atom. The predicted octanol–water partition coefficient (Wildman–Crippen LogP) is 1.07. The molecule has 0 aromatic carbocycles. The second kappa shape index (κ2) is 3.81. The van der Waals surface area contributed by atoms with Crippen molar-refractivity contribution in [2.45, 2.75) is 37.2 Å². The van der Waals surface area contributed by atoms with Crippen LogP contribution in [0.2, 0.25) is 0 Å². The summed E-state index contributed by atoms with van der Waals surface area (Å²) in [5.41, 5.74) is 0. The molecule has 2 rings (SSSR count). The molecule has 1 amide bonds. The summed E-state index contributed by atoms with van der Waals surface area (Å²) < 4.78 is 0. The average Bonchev–Trinajstić information content (AvgIpc) is 2.32. The minimum absolute atomic E-state index is 0.0793. The van der Waals surface area contributed by atoms with Gasteiger partial charge in [-0.1, -0.05) is 15.9 Å². The lowest BCUT2D eigenvalue weighted by Crippen LogP contribution is -2.61. The van der Waals surface area contributed by atoms with E-state index in [0.717, 1.165) is 26.1 Å². The molecule has 14 heavy (non-hydrogen) atoms. The number of hydrogen-bond acceptors (Lipinski definition) is 2. The highest BCUT2D eigenvalue weighted by Gasteiger charge is 2.40. The van der Waals surface area contributed by atoms with Crippen LogP contribution in [-0.4, -0.2) is 52.3 Å². The maximum absolute atomic E-state index is 11.7. The number of carbonyl (C=O) groups is 1. The first-order chi connectivity index (χ1) is 6.59. The van der Waals surface area contributed by atoms with Gasteiger partial charge in [0.2, 0.25) is 5.91 Å². The van der Waals surface area contributed by atoms with Gasteiger partial charge < -0.3 is 4.90 Å². The molecular weight excluding hydrogens is 244 g/mol.